The standard InChI is InChI=1S/C14H19N3O3/c1-4-16-8-10(5-6-12(16)18)15-11-7-13(19)17(9(2)3)14(11)20/h5-6,8-9,11,15H,4,7H2,1-3H3. The summed E-state index contributed by atoms with van der Waals surface area (Å²) in [6.45, 7) is 6.06. The van der Waals surface area contributed by atoms with Gasteiger partial charge in [-0.1, -0.05) is 0 Å². The molecular weight excluding hydrogens is 258 g/mol. The zero-order valence-electron chi connectivity index (χ0n) is 11.9. The number of rotatable bonds is 4. The lowest BCUT2D eigenvalue weighted by molar-refractivity contribution is -0.140. The molecule has 1 aromatic rings. The molecule has 0 aliphatic carbocycles. The van der Waals surface area contributed by atoms with Crippen molar-refractivity contribution in [2.45, 2.75) is 45.8 Å². The van der Waals surface area contributed by atoms with Crippen molar-refractivity contribution >= 4 is 17.5 Å². The Bertz CT molecular complexity index is 592. The van der Waals surface area contributed by atoms with Gasteiger partial charge in [0, 0.05) is 24.8 Å². The van der Waals surface area contributed by atoms with Crippen LogP contribution in [0.2, 0.25) is 0 Å². The van der Waals surface area contributed by atoms with Gasteiger partial charge in [-0.15, -0.1) is 0 Å². The van der Waals surface area contributed by atoms with Crippen LogP contribution in [0, 0.1) is 0 Å². The average molecular weight is 277 g/mol. The number of aromatic nitrogens is 1. The zero-order valence-corrected chi connectivity index (χ0v) is 11.9. The van der Waals surface area contributed by atoms with Crippen LogP contribution < -0.4 is 10.9 Å². The lowest BCUT2D eigenvalue weighted by atomic mass is 10.2. The molecule has 0 radical (unpaired) electrons. The van der Waals surface area contributed by atoms with E-state index in [1.54, 1.807) is 16.8 Å². The van der Waals surface area contributed by atoms with Crippen LogP contribution in [0.1, 0.15) is 27.2 Å². The highest BCUT2D eigenvalue weighted by molar-refractivity contribution is 6.07. The monoisotopic (exact) mass is 277 g/mol. The van der Waals surface area contributed by atoms with Crippen LogP contribution in [0.3, 0.4) is 0 Å². The maximum absolute atomic E-state index is 12.2. The van der Waals surface area contributed by atoms with Gasteiger partial charge in [-0.05, 0) is 26.8 Å². The molecule has 1 aliphatic heterocycles. The van der Waals surface area contributed by atoms with Crippen molar-refractivity contribution in [1.29, 1.82) is 0 Å². The molecule has 1 fully saturated rings. The van der Waals surface area contributed by atoms with Crippen molar-refractivity contribution in [2.24, 2.45) is 0 Å². The Morgan fingerprint density at radius 2 is 2.00 bits per heavy atom. The van der Waals surface area contributed by atoms with Gasteiger partial charge in [-0.2, -0.15) is 0 Å². The molecule has 1 unspecified atom stereocenters. The smallest absolute Gasteiger partial charge is 0.252 e. The Morgan fingerprint density at radius 1 is 1.30 bits per heavy atom. The summed E-state index contributed by atoms with van der Waals surface area (Å²) in [6, 6.07) is 2.40. The first-order valence-corrected chi connectivity index (χ1v) is 6.77. The normalized spacial score (nSPS) is 19.0. The number of amides is 2. The van der Waals surface area contributed by atoms with Crippen molar-refractivity contribution in [3.8, 4) is 0 Å². The molecule has 0 aromatic carbocycles. The Balaban J connectivity index is 2.17. The topological polar surface area (TPSA) is 71.4 Å². The number of anilines is 1. The third kappa shape index (κ3) is 2.59. The molecule has 2 heterocycles. The third-order valence-corrected chi connectivity index (χ3v) is 3.36. The molecule has 6 nitrogen and oxygen atoms in total. The van der Waals surface area contributed by atoms with E-state index in [9.17, 15) is 14.4 Å². The average Bonchev–Trinajstić information content (AvgIpc) is 2.66. The molecule has 0 bridgehead atoms. The fraction of sp³-hybridized carbons (Fsp3) is 0.500. The SMILES string of the molecule is CCn1cc(NC2CC(=O)N(C(C)C)C2=O)ccc1=O. The minimum Gasteiger partial charge on any atom is -0.372 e. The zero-order chi connectivity index (χ0) is 14.9. The van der Waals surface area contributed by atoms with Crippen LogP contribution in [0.25, 0.3) is 0 Å². The van der Waals surface area contributed by atoms with E-state index in [0.717, 1.165) is 0 Å². The van der Waals surface area contributed by atoms with Crippen molar-refractivity contribution in [1.82, 2.24) is 9.47 Å². The van der Waals surface area contributed by atoms with Gasteiger partial charge in [0.2, 0.25) is 5.91 Å². The number of hydrogen-bond acceptors (Lipinski definition) is 4. The number of carbonyl (C=O) groups excluding carboxylic acids is 2. The number of nitrogens with zero attached hydrogens (tertiary/aromatic N) is 2. The lowest BCUT2D eigenvalue weighted by Gasteiger charge is -2.19. The van der Waals surface area contributed by atoms with Gasteiger partial charge < -0.3 is 9.88 Å². The van der Waals surface area contributed by atoms with Crippen molar-refractivity contribution in [2.75, 3.05) is 5.32 Å². The molecule has 2 amide bonds. The van der Waals surface area contributed by atoms with E-state index < -0.39 is 6.04 Å². The number of likely N-dealkylation sites (tertiary alicyclic amines) is 1. The van der Waals surface area contributed by atoms with Gasteiger partial charge >= 0.3 is 0 Å². The van der Waals surface area contributed by atoms with E-state index in [1.807, 2.05) is 20.8 Å². The van der Waals surface area contributed by atoms with Crippen molar-refractivity contribution < 1.29 is 9.59 Å². The quantitative estimate of drug-likeness (QED) is 0.827. The Hall–Kier alpha value is -2.11. The Morgan fingerprint density at radius 3 is 2.55 bits per heavy atom. The molecule has 108 valence electrons. The van der Waals surface area contributed by atoms with Gasteiger partial charge in [0.1, 0.15) is 6.04 Å². The number of carbonyl (C=O) groups is 2. The van der Waals surface area contributed by atoms with E-state index >= 15 is 0 Å². The minimum absolute atomic E-state index is 0.0873. The van der Waals surface area contributed by atoms with Crippen LogP contribution >= 0.6 is 0 Å². The fourth-order valence-corrected chi connectivity index (χ4v) is 2.37. The van der Waals surface area contributed by atoms with Gasteiger partial charge in [0.15, 0.2) is 0 Å². The first-order chi connectivity index (χ1) is 9.43. The van der Waals surface area contributed by atoms with E-state index in [0.29, 0.717) is 12.2 Å². The van der Waals surface area contributed by atoms with Crippen LogP contribution in [-0.2, 0) is 16.1 Å². The number of hydrogen-bond donors (Lipinski definition) is 1. The van der Waals surface area contributed by atoms with Crippen LogP contribution in [0.4, 0.5) is 5.69 Å². The first kappa shape index (κ1) is 14.3. The van der Waals surface area contributed by atoms with Crippen molar-refractivity contribution in [3.05, 3.63) is 28.7 Å². The predicted octanol–water partition coefficient (Wildman–Crippen LogP) is 0.816. The van der Waals surface area contributed by atoms with E-state index in [-0.39, 0.29) is 29.8 Å². The molecule has 6 heteroatoms. The second-order valence-corrected chi connectivity index (χ2v) is 5.14. The first-order valence-electron chi connectivity index (χ1n) is 6.77. The summed E-state index contributed by atoms with van der Waals surface area (Å²) in [5.41, 5.74) is 0.582. The molecule has 1 atom stereocenters. The number of pyridine rings is 1. The molecule has 1 aliphatic rings. The summed E-state index contributed by atoms with van der Waals surface area (Å²) in [6.07, 6.45) is 1.82. The van der Waals surface area contributed by atoms with Crippen molar-refractivity contribution in [3.63, 3.8) is 0 Å². The Kier molecular flexibility index (Phi) is 3.92. The van der Waals surface area contributed by atoms with Gasteiger partial charge in [-0.25, -0.2) is 0 Å². The highest BCUT2D eigenvalue weighted by Gasteiger charge is 2.39. The maximum atomic E-state index is 12.2. The summed E-state index contributed by atoms with van der Waals surface area (Å²) < 4.78 is 1.55. The molecule has 20 heavy (non-hydrogen) atoms. The van der Waals surface area contributed by atoms with Gasteiger partial charge in [0.05, 0.1) is 12.1 Å². The molecule has 0 saturated carbocycles. The second kappa shape index (κ2) is 5.48. The number of imide groups is 1. The lowest BCUT2D eigenvalue weighted by Crippen LogP contribution is -2.39. The maximum Gasteiger partial charge on any atom is 0.252 e. The molecule has 2 rings (SSSR count). The molecule has 1 N–H and O–H groups in total. The van der Waals surface area contributed by atoms with Crippen LogP contribution in [-0.4, -0.2) is 33.4 Å². The molecule has 0 spiro atoms. The summed E-state index contributed by atoms with van der Waals surface area (Å²) in [4.78, 5) is 36.8. The van der Waals surface area contributed by atoms with Crippen LogP contribution in [0.5, 0.6) is 0 Å². The largest absolute Gasteiger partial charge is 0.372 e. The highest BCUT2D eigenvalue weighted by atomic mass is 16.2. The van der Waals surface area contributed by atoms with E-state index in [4.69, 9.17) is 0 Å². The molecule has 1 saturated heterocycles. The number of nitrogens with one attached hydrogen (secondary N) is 1. The second-order valence-electron chi connectivity index (χ2n) is 5.14. The Labute approximate surface area is 117 Å². The summed E-state index contributed by atoms with van der Waals surface area (Å²) in [5, 5.41) is 3.04. The number of aryl methyl sites for hydroxylation is 1. The van der Waals surface area contributed by atoms with Gasteiger partial charge in [0.25, 0.3) is 11.5 Å². The third-order valence-electron chi connectivity index (χ3n) is 3.36. The summed E-state index contributed by atoms with van der Waals surface area (Å²) in [7, 11) is 0. The summed E-state index contributed by atoms with van der Waals surface area (Å²) in [5.74, 6) is -0.370. The highest BCUT2D eigenvalue weighted by Crippen LogP contribution is 2.19. The molecular formula is C14H19N3O3. The summed E-state index contributed by atoms with van der Waals surface area (Å²) >= 11 is 0. The van der Waals surface area contributed by atoms with E-state index in [1.165, 1.54) is 11.0 Å². The van der Waals surface area contributed by atoms with Gasteiger partial charge in [-0.3, -0.25) is 19.3 Å². The van der Waals surface area contributed by atoms with Crippen LogP contribution in [0.15, 0.2) is 23.1 Å². The molecule has 1 aromatic heterocycles. The fourth-order valence-electron chi connectivity index (χ4n) is 2.37. The minimum atomic E-state index is -0.548. The predicted molar refractivity (Wildman–Crippen MR) is 75.4 cm³/mol. The van der Waals surface area contributed by atoms with E-state index in [2.05, 4.69) is 5.32 Å².